The minimum atomic E-state index is 0.0781. The molecule has 2 N–H and O–H groups in total. The third-order valence-electron chi connectivity index (χ3n) is 4.51. The Balaban J connectivity index is 1.40. The van der Waals surface area contributed by atoms with E-state index in [1.54, 1.807) is 23.7 Å². The molecule has 0 radical (unpaired) electrons. The van der Waals surface area contributed by atoms with Crippen molar-refractivity contribution in [1.82, 2.24) is 9.97 Å². The number of rotatable bonds is 5. The fourth-order valence-electron chi connectivity index (χ4n) is 3.02. The van der Waals surface area contributed by atoms with Gasteiger partial charge >= 0.3 is 0 Å². The fourth-order valence-corrected chi connectivity index (χ4v) is 3.76. The SMILES string of the molecule is O=C(Nc1ccc(-c2csc(Nc3cccnc3)n2)cc1)[C@@H]1CC=CCC1. The van der Waals surface area contributed by atoms with Crippen LogP contribution in [0, 0.1) is 5.92 Å². The number of nitrogens with zero attached hydrogens (tertiary/aromatic N) is 2. The molecule has 1 aliphatic rings. The summed E-state index contributed by atoms with van der Waals surface area (Å²) in [7, 11) is 0. The molecule has 2 heterocycles. The molecule has 0 spiro atoms. The van der Waals surface area contributed by atoms with Gasteiger partial charge in [0.25, 0.3) is 0 Å². The Morgan fingerprint density at radius 3 is 2.74 bits per heavy atom. The molecule has 0 saturated carbocycles. The van der Waals surface area contributed by atoms with Gasteiger partial charge in [-0.2, -0.15) is 0 Å². The van der Waals surface area contributed by atoms with Crippen LogP contribution in [-0.2, 0) is 4.79 Å². The normalized spacial score (nSPS) is 16.1. The minimum Gasteiger partial charge on any atom is -0.330 e. The summed E-state index contributed by atoms with van der Waals surface area (Å²) in [6, 6.07) is 11.7. The van der Waals surface area contributed by atoms with Gasteiger partial charge in [-0.25, -0.2) is 4.98 Å². The van der Waals surface area contributed by atoms with Gasteiger partial charge in [-0.05, 0) is 43.5 Å². The molecule has 1 aromatic carbocycles. The second-order valence-electron chi connectivity index (χ2n) is 6.45. The molecule has 5 nitrogen and oxygen atoms in total. The van der Waals surface area contributed by atoms with Crippen LogP contribution in [-0.4, -0.2) is 15.9 Å². The highest BCUT2D eigenvalue weighted by atomic mass is 32.1. The molecule has 1 amide bonds. The van der Waals surface area contributed by atoms with Crippen LogP contribution < -0.4 is 10.6 Å². The summed E-state index contributed by atoms with van der Waals surface area (Å²) in [5.74, 6) is 0.179. The Bertz CT molecular complexity index is 934. The third-order valence-corrected chi connectivity index (χ3v) is 5.26. The average molecular weight is 376 g/mol. The van der Waals surface area contributed by atoms with Gasteiger partial charge in [0.05, 0.1) is 17.6 Å². The van der Waals surface area contributed by atoms with Gasteiger partial charge in [0.1, 0.15) is 0 Å². The van der Waals surface area contributed by atoms with Crippen molar-refractivity contribution in [1.29, 1.82) is 0 Å². The van der Waals surface area contributed by atoms with Crippen LogP contribution in [0.1, 0.15) is 19.3 Å². The first kappa shape index (κ1) is 17.4. The van der Waals surface area contributed by atoms with Crippen molar-refractivity contribution in [2.45, 2.75) is 19.3 Å². The molecule has 0 saturated heterocycles. The van der Waals surface area contributed by atoms with Crippen LogP contribution in [0.25, 0.3) is 11.3 Å². The lowest BCUT2D eigenvalue weighted by Gasteiger charge is -2.17. The van der Waals surface area contributed by atoms with Gasteiger partial charge in [-0.15, -0.1) is 11.3 Å². The van der Waals surface area contributed by atoms with Gasteiger partial charge in [0.15, 0.2) is 5.13 Å². The van der Waals surface area contributed by atoms with Gasteiger partial charge in [-0.1, -0.05) is 24.3 Å². The molecule has 136 valence electrons. The summed E-state index contributed by atoms with van der Waals surface area (Å²) in [5, 5.41) is 9.10. The number of hydrogen-bond donors (Lipinski definition) is 2. The Morgan fingerprint density at radius 1 is 1.11 bits per heavy atom. The van der Waals surface area contributed by atoms with Crippen LogP contribution in [0.15, 0.2) is 66.3 Å². The number of thiazole rings is 1. The molecule has 3 aromatic rings. The number of nitrogens with one attached hydrogen (secondary N) is 2. The number of benzene rings is 1. The second-order valence-corrected chi connectivity index (χ2v) is 7.31. The molecular formula is C21H20N4OS. The number of carbonyl (C=O) groups is 1. The van der Waals surface area contributed by atoms with E-state index in [0.29, 0.717) is 0 Å². The maximum absolute atomic E-state index is 12.3. The number of hydrogen-bond acceptors (Lipinski definition) is 5. The van der Waals surface area contributed by atoms with Gasteiger partial charge in [0.2, 0.25) is 5.91 Å². The van der Waals surface area contributed by atoms with Crippen LogP contribution >= 0.6 is 11.3 Å². The van der Waals surface area contributed by atoms with E-state index in [-0.39, 0.29) is 11.8 Å². The molecule has 1 atom stereocenters. The van der Waals surface area contributed by atoms with E-state index in [1.807, 2.05) is 41.8 Å². The average Bonchev–Trinajstić information content (AvgIpc) is 3.18. The smallest absolute Gasteiger partial charge is 0.227 e. The van der Waals surface area contributed by atoms with Crippen molar-refractivity contribution in [3.8, 4) is 11.3 Å². The van der Waals surface area contributed by atoms with E-state index in [1.165, 1.54) is 0 Å². The molecule has 1 aliphatic carbocycles. The Labute approximate surface area is 162 Å². The maximum Gasteiger partial charge on any atom is 0.227 e. The van der Waals surface area contributed by atoms with Gasteiger partial charge < -0.3 is 10.6 Å². The monoisotopic (exact) mass is 376 g/mol. The standard InChI is InChI=1S/C21H20N4OS/c26-20(16-5-2-1-3-6-16)23-17-10-8-15(9-11-17)19-14-27-21(25-19)24-18-7-4-12-22-13-18/h1-2,4,7-14,16H,3,5-6H2,(H,23,26)(H,24,25)/t16-/m1/s1. The molecule has 2 aromatic heterocycles. The number of anilines is 3. The predicted octanol–water partition coefficient (Wildman–Crippen LogP) is 5.24. The predicted molar refractivity (Wildman–Crippen MR) is 110 cm³/mol. The first-order chi connectivity index (χ1) is 13.3. The summed E-state index contributed by atoms with van der Waals surface area (Å²) in [5.41, 5.74) is 3.65. The van der Waals surface area contributed by atoms with Crippen molar-refractivity contribution < 1.29 is 4.79 Å². The summed E-state index contributed by atoms with van der Waals surface area (Å²) in [6.07, 6.45) is 10.5. The van der Waals surface area contributed by atoms with Crippen molar-refractivity contribution >= 4 is 33.8 Å². The molecule has 0 bridgehead atoms. The Kier molecular flexibility index (Phi) is 5.25. The number of aromatic nitrogens is 2. The zero-order chi connectivity index (χ0) is 18.5. The zero-order valence-corrected chi connectivity index (χ0v) is 15.6. The summed E-state index contributed by atoms with van der Waals surface area (Å²) < 4.78 is 0. The van der Waals surface area contributed by atoms with Gasteiger partial charge in [0, 0.05) is 28.7 Å². The number of allylic oxidation sites excluding steroid dienone is 2. The fraction of sp³-hybridized carbons (Fsp3) is 0.190. The summed E-state index contributed by atoms with van der Waals surface area (Å²) in [4.78, 5) is 21.0. The Hall–Kier alpha value is -2.99. The van der Waals surface area contributed by atoms with Crippen molar-refractivity contribution in [2.75, 3.05) is 10.6 Å². The van der Waals surface area contributed by atoms with Crippen LogP contribution in [0.4, 0.5) is 16.5 Å². The highest BCUT2D eigenvalue weighted by Crippen LogP contribution is 2.28. The van der Waals surface area contributed by atoms with Gasteiger partial charge in [-0.3, -0.25) is 9.78 Å². The van der Waals surface area contributed by atoms with Crippen LogP contribution in [0.3, 0.4) is 0 Å². The van der Waals surface area contributed by atoms with Crippen molar-refractivity contribution in [2.24, 2.45) is 5.92 Å². The maximum atomic E-state index is 12.3. The van der Waals surface area contributed by atoms with E-state index in [0.717, 1.165) is 47.0 Å². The quantitative estimate of drug-likeness (QED) is 0.597. The van der Waals surface area contributed by atoms with Crippen LogP contribution in [0.2, 0.25) is 0 Å². The highest BCUT2D eigenvalue weighted by molar-refractivity contribution is 7.14. The van der Waals surface area contributed by atoms with E-state index in [4.69, 9.17) is 0 Å². The third kappa shape index (κ3) is 4.41. The first-order valence-electron chi connectivity index (χ1n) is 8.97. The van der Waals surface area contributed by atoms with E-state index in [2.05, 4.69) is 32.8 Å². The van der Waals surface area contributed by atoms with E-state index >= 15 is 0 Å². The number of carbonyl (C=O) groups excluding carboxylic acids is 1. The van der Waals surface area contributed by atoms with Crippen molar-refractivity contribution in [3.63, 3.8) is 0 Å². The van der Waals surface area contributed by atoms with Crippen LogP contribution in [0.5, 0.6) is 0 Å². The number of amides is 1. The zero-order valence-electron chi connectivity index (χ0n) is 14.8. The largest absolute Gasteiger partial charge is 0.330 e. The molecule has 6 heteroatoms. The van der Waals surface area contributed by atoms with Crippen molar-refractivity contribution in [3.05, 3.63) is 66.3 Å². The molecule has 0 aliphatic heterocycles. The second kappa shape index (κ2) is 8.14. The molecular weight excluding hydrogens is 356 g/mol. The summed E-state index contributed by atoms with van der Waals surface area (Å²) in [6.45, 7) is 0. The first-order valence-corrected chi connectivity index (χ1v) is 9.85. The molecule has 0 fully saturated rings. The number of pyridine rings is 1. The lowest BCUT2D eigenvalue weighted by Crippen LogP contribution is -2.23. The van der Waals surface area contributed by atoms with E-state index in [9.17, 15) is 4.79 Å². The molecule has 0 unspecified atom stereocenters. The molecule has 4 rings (SSSR count). The van der Waals surface area contributed by atoms with E-state index < -0.39 is 0 Å². The topological polar surface area (TPSA) is 66.9 Å². The highest BCUT2D eigenvalue weighted by Gasteiger charge is 2.18. The lowest BCUT2D eigenvalue weighted by atomic mass is 9.93. The molecule has 27 heavy (non-hydrogen) atoms. The lowest BCUT2D eigenvalue weighted by molar-refractivity contribution is -0.120. The summed E-state index contributed by atoms with van der Waals surface area (Å²) >= 11 is 1.55. The Morgan fingerprint density at radius 2 is 2.00 bits per heavy atom. The minimum absolute atomic E-state index is 0.0781.